The van der Waals surface area contributed by atoms with Gasteiger partial charge in [-0.15, -0.1) is 24.0 Å². The molecule has 0 aliphatic carbocycles. The smallest absolute Gasteiger partial charge is 0.251 e. The van der Waals surface area contributed by atoms with Crippen molar-refractivity contribution >= 4 is 35.8 Å². The summed E-state index contributed by atoms with van der Waals surface area (Å²) in [7, 11) is 3.43. The van der Waals surface area contributed by atoms with Crippen molar-refractivity contribution in [3.05, 3.63) is 35.4 Å². The minimum Gasteiger partial charge on any atom is -0.356 e. The molecular formula is C20H34IN5O. The second-order valence-electron chi connectivity index (χ2n) is 6.86. The number of amides is 1. The van der Waals surface area contributed by atoms with Crippen LogP contribution in [0.2, 0.25) is 0 Å². The zero-order valence-electron chi connectivity index (χ0n) is 16.8. The Morgan fingerprint density at radius 1 is 1.22 bits per heavy atom. The van der Waals surface area contributed by atoms with Crippen LogP contribution in [-0.2, 0) is 6.54 Å². The highest BCUT2D eigenvalue weighted by atomic mass is 127. The standard InChI is InChI=1S/C20H33N5O.HI/c1-16-7-4-5-13-25(16)14-6-12-23-20(22-3)24-15-17-8-10-18(11-9-17)19(26)21-2;/h8-11,16H,4-7,12-15H2,1-3H3,(H,21,26)(H2,22,23,24);1H. The van der Waals surface area contributed by atoms with Gasteiger partial charge in [-0.25, -0.2) is 0 Å². The van der Waals surface area contributed by atoms with Gasteiger partial charge >= 0.3 is 0 Å². The van der Waals surface area contributed by atoms with Crippen LogP contribution in [0.1, 0.15) is 48.5 Å². The first-order chi connectivity index (χ1) is 12.6. The van der Waals surface area contributed by atoms with E-state index in [1.54, 1.807) is 14.1 Å². The summed E-state index contributed by atoms with van der Waals surface area (Å²) in [6.07, 6.45) is 5.15. The number of hydrogen-bond donors (Lipinski definition) is 3. The minimum atomic E-state index is -0.0648. The second-order valence-corrected chi connectivity index (χ2v) is 6.86. The van der Waals surface area contributed by atoms with Gasteiger partial charge < -0.3 is 20.9 Å². The zero-order valence-corrected chi connectivity index (χ0v) is 19.1. The molecule has 1 aromatic carbocycles. The summed E-state index contributed by atoms with van der Waals surface area (Å²) in [5.74, 6) is 0.747. The number of carbonyl (C=O) groups is 1. The fourth-order valence-corrected chi connectivity index (χ4v) is 3.30. The van der Waals surface area contributed by atoms with E-state index in [4.69, 9.17) is 0 Å². The molecule has 0 bridgehead atoms. The van der Waals surface area contributed by atoms with Crippen LogP contribution in [0.3, 0.4) is 0 Å². The van der Waals surface area contributed by atoms with E-state index in [0.29, 0.717) is 12.1 Å². The number of carbonyl (C=O) groups excluding carboxylic acids is 1. The van der Waals surface area contributed by atoms with E-state index in [9.17, 15) is 4.79 Å². The fraction of sp³-hybridized carbons (Fsp3) is 0.600. The number of piperidine rings is 1. The van der Waals surface area contributed by atoms with Crippen molar-refractivity contribution in [1.82, 2.24) is 20.9 Å². The monoisotopic (exact) mass is 487 g/mol. The lowest BCUT2D eigenvalue weighted by atomic mass is 10.0. The van der Waals surface area contributed by atoms with Gasteiger partial charge in [-0.05, 0) is 50.4 Å². The van der Waals surface area contributed by atoms with Gasteiger partial charge in [0.2, 0.25) is 0 Å². The number of guanidine groups is 1. The third kappa shape index (κ3) is 8.04. The maximum Gasteiger partial charge on any atom is 0.251 e. The summed E-state index contributed by atoms with van der Waals surface area (Å²) in [6.45, 7) is 6.31. The number of nitrogens with one attached hydrogen (secondary N) is 3. The third-order valence-electron chi connectivity index (χ3n) is 4.98. The lowest BCUT2D eigenvalue weighted by molar-refractivity contribution is 0.0963. The Morgan fingerprint density at radius 3 is 2.59 bits per heavy atom. The number of aliphatic imine (C=N–C) groups is 1. The molecule has 1 atom stereocenters. The van der Waals surface area contributed by atoms with E-state index in [2.05, 4.69) is 32.8 Å². The molecule has 152 valence electrons. The van der Waals surface area contributed by atoms with Crippen molar-refractivity contribution in [1.29, 1.82) is 0 Å². The van der Waals surface area contributed by atoms with Crippen LogP contribution >= 0.6 is 24.0 Å². The molecule has 1 amide bonds. The Hall–Kier alpha value is -1.35. The number of benzene rings is 1. The predicted octanol–water partition coefficient (Wildman–Crippen LogP) is 2.59. The lowest BCUT2D eigenvalue weighted by Gasteiger charge is -2.33. The van der Waals surface area contributed by atoms with Crippen LogP contribution < -0.4 is 16.0 Å². The maximum absolute atomic E-state index is 11.6. The topological polar surface area (TPSA) is 68.8 Å². The molecule has 27 heavy (non-hydrogen) atoms. The minimum absolute atomic E-state index is 0. The van der Waals surface area contributed by atoms with Gasteiger partial charge in [-0.3, -0.25) is 9.79 Å². The predicted molar refractivity (Wildman–Crippen MR) is 123 cm³/mol. The number of hydrogen-bond acceptors (Lipinski definition) is 3. The van der Waals surface area contributed by atoms with E-state index < -0.39 is 0 Å². The lowest BCUT2D eigenvalue weighted by Crippen LogP contribution is -2.41. The van der Waals surface area contributed by atoms with Crippen molar-refractivity contribution in [3.63, 3.8) is 0 Å². The van der Waals surface area contributed by atoms with Crippen LogP contribution in [0, 0.1) is 0 Å². The summed E-state index contributed by atoms with van der Waals surface area (Å²) >= 11 is 0. The average Bonchev–Trinajstić information content (AvgIpc) is 2.68. The van der Waals surface area contributed by atoms with Crippen LogP contribution in [0.5, 0.6) is 0 Å². The van der Waals surface area contributed by atoms with Gasteiger partial charge in [-0.2, -0.15) is 0 Å². The Morgan fingerprint density at radius 2 is 1.96 bits per heavy atom. The molecular weight excluding hydrogens is 453 g/mol. The number of likely N-dealkylation sites (tertiary alicyclic amines) is 1. The Kier molecular flexibility index (Phi) is 11.3. The molecule has 0 saturated carbocycles. The van der Waals surface area contributed by atoms with Crippen molar-refractivity contribution in [2.75, 3.05) is 33.7 Å². The van der Waals surface area contributed by atoms with Crippen molar-refractivity contribution in [3.8, 4) is 0 Å². The van der Waals surface area contributed by atoms with Gasteiger partial charge in [0, 0.05) is 45.3 Å². The van der Waals surface area contributed by atoms with Crippen molar-refractivity contribution in [2.45, 2.75) is 45.2 Å². The molecule has 0 radical (unpaired) electrons. The zero-order chi connectivity index (χ0) is 18.8. The highest BCUT2D eigenvalue weighted by Crippen LogP contribution is 2.16. The Labute approximate surface area is 180 Å². The summed E-state index contributed by atoms with van der Waals surface area (Å²) in [5, 5.41) is 9.33. The van der Waals surface area contributed by atoms with E-state index in [1.165, 1.54) is 25.8 Å². The fourth-order valence-electron chi connectivity index (χ4n) is 3.30. The normalized spacial score (nSPS) is 17.7. The molecule has 3 N–H and O–H groups in total. The SMILES string of the molecule is CN=C(NCCCN1CCCCC1C)NCc1ccc(C(=O)NC)cc1.I. The second kappa shape index (κ2) is 12.9. The van der Waals surface area contributed by atoms with Crippen LogP contribution in [0.15, 0.2) is 29.3 Å². The number of rotatable bonds is 7. The highest BCUT2D eigenvalue weighted by Gasteiger charge is 2.17. The first-order valence-corrected chi connectivity index (χ1v) is 9.63. The van der Waals surface area contributed by atoms with Gasteiger partial charge in [-0.1, -0.05) is 18.6 Å². The highest BCUT2D eigenvalue weighted by molar-refractivity contribution is 14.0. The van der Waals surface area contributed by atoms with Gasteiger partial charge in [0.25, 0.3) is 5.91 Å². The molecule has 7 heteroatoms. The Balaban J connectivity index is 0.00000364. The van der Waals surface area contributed by atoms with Crippen molar-refractivity contribution in [2.24, 2.45) is 4.99 Å². The first kappa shape index (κ1) is 23.7. The first-order valence-electron chi connectivity index (χ1n) is 9.63. The number of nitrogens with zero attached hydrogens (tertiary/aromatic N) is 2. The summed E-state index contributed by atoms with van der Waals surface area (Å²) in [4.78, 5) is 18.4. The summed E-state index contributed by atoms with van der Waals surface area (Å²) < 4.78 is 0. The molecule has 1 aliphatic rings. The van der Waals surface area contributed by atoms with E-state index >= 15 is 0 Å². The average molecular weight is 487 g/mol. The summed E-state index contributed by atoms with van der Waals surface area (Å²) in [6, 6.07) is 8.32. The molecule has 1 heterocycles. The molecule has 6 nitrogen and oxygen atoms in total. The quantitative estimate of drug-likeness (QED) is 0.240. The summed E-state index contributed by atoms with van der Waals surface area (Å²) in [5.41, 5.74) is 1.79. The molecule has 1 aliphatic heterocycles. The molecule has 2 rings (SSSR count). The van der Waals surface area contributed by atoms with E-state index in [1.807, 2.05) is 24.3 Å². The van der Waals surface area contributed by atoms with Crippen LogP contribution in [0.4, 0.5) is 0 Å². The molecule has 0 aromatic heterocycles. The van der Waals surface area contributed by atoms with Crippen LogP contribution in [0.25, 0.3) is 0 Å². The Bertz CT molecular complexity index is 591. The van der Waals surface area contributed by atoms with Gasteiger partial charge in [0.1, 0.15) is 0 Å². The third-order valence-corrected chi connectivity index (χ3v) is 4.98. The molecule has 1 aromatic rings. The van der Waals surface area contributed by atoms with Gasteiger partial charge in [0.05, 0.1) is 0 Å². The van der Waals surface area contributed by atoms with Crippen LogP contribution in [-0.4, -0.2) is 56.5 Å². The number of halogens is 1. The molecule has 1 unspecified atom stereocenters. The van der Waals surface area contributed by atoms with E-state index in [-0.39, 0.29) is 29.9 Å². The maximum atomic E-state index is 11.6. The molecule has 0 spiro atoms. The molecule has 1 fully saturated rings. The molecule has 1 saturated heterocycles. The largest absolute Gasteiger partial charge is 0.356 e. The van der Waals surface area contributed by atoms with E-state index in [0.717, 1.165) is 37.1 Å². The van der Waals surface area contributed by atoms with Crippen molar-refractivity contribution < 1.29 is 4.79 Å². The van der Waals surface area contributed by atoms with Gasteiger partial charge in [0.15, 0.2) is 5.96 Å².